The second-order valence-corrected chi connectivity index (χ2v) is 9.01. The summed E-state index contributed by atoms with van der Waals surface area (Å²) in [6.07, 6.45) is 3.23. The van der Waals surface area contributed by atoms with Crippen LogP contribution in [0, 0.1) is 6.92 Å². The molecule has 0 bridgehead atoms. The summed E-state index contributed by atoms with van der Waals surface area (Å²) >= 11 is 0. The van der Waals surface area contributed by atoms with E-state index >= 15 is 0 Å². The molecule has 0 radical (unpaired) electrons. The van der Waals surface area contributed by atoms with Crippen LogP contribution in [-0.2, 0) is 6.54 Å². The summed E-state index contributed by atoms with van der Waals surface area (Å²) in [7, 11) is 0. The fourth-order valence-corrected chi connectivity index (χ4v) is 4.62. The third kappa shape index (κ3) is 4.25. The summed E-state index contributed by atoms with van der Waals surface area (Å²) in [6, 6.07) is 29.0. The van der Waals surface area contributed by atoms with E-state index in [-0.39, 0.29) is 5.91 Å². The minimum Gasteiger partial charge on any atom is -0.454 e. The fourth-order valence-electron chi connectivity index (χ4n) is 4.62. The van der Waals surface area contributed by atoms with Crippen LogP contribution in [0.1, 0.15) is 21.5 Å². The van der Waals surface area contributed by atoms with Gasteiger partial charge in [-0.25, -0.2) is 9.97 Å². The topological polar surface area (TPSA) is 97.3 Å². The zero-order valence-electron chi connectivity index (χ0n) is 20.8. The van der Waals surface area contributed by atoms with Crippen molar-refractivity contribution in [1.82, 2.24) is 9.97 Å². The first-order valence-corrected chi connectivity index (χ1v) is 12.3. The Morgan fingerprint density at radius 3 is 2.53 bits per heavy atom. The Morgan fingerprint density at radius 1 is 0.921 bits per heavy atom. The number of nitrogens with two attached hydrogens (primary N) is 1. The average molecular weight is 500 g/mol. The lowest BCUT2D eigenvalue weighted by Crippen LogP contribution is -2.15. The van der Waals surface area contributed by atoms with Crippen LogP contribution in [-0.4, -0.2) is 15.9 Å². The van der Waals surface area contributed by atoms with Crippen molar-refractivity contribution in [3.8, 4) is 0 Å². The second kappa shape index (κ2) is 9.80. The van der Waals surface area contributed by atoms with Gasteiger partial charge in [0.15, 0.2) is 5.58 Å². The summed E-state index contributed by atoms with van der Waals surface area (Å²) in [4.78, 5) is 23.7. The molecule has 4 aromatic carbocycles. The number of carbonyl (C=O) groups is 1. The maximum absolute atomic E-state index is 13.0. The fraction of sp³-hybridized carbons (Fsp3) is 0.0645. The average Bonchev–Trinajstić information content (AvgIpc) is 3.35. The predicted molar refractivity (Wildman–Crippen MR) is 151 cm³/mol. The highest BCUT2D eigenvalue weighted by atomic mass is 16.3. The van der Waals surface area contributed by atoms with Crippen molar-refractivity contribution in [3.63, 3.8) is 0 Å². The van der Waals surface area contributed by atoms with E-state index in [4.69, 9.17) is 10.2 Å². The molecule has 0 saturated carbocycles. The van der Waals surface area contributed by atoms with Crippen molar-refractivity contribution >= 4 is 50.7 Å². The number of hydrogen-bond acceptors (Lipinski definition) is 6. The highest BCUT2D eigenvalue weighted by Gasteiger charge is 2.22. The Bertz CT molecular complexity index is 1760. The molecule has 186 valence electrons. The molecule has 6 aromatic rings. The zero-order chi connectivity index (χ0) is 26.1. The molecule has 0 spiro atoms. The number of aromatic nitrogens is 2. The van der Waals surface area contributed by atoms with Gasteiger partial charge < -0.3 is 15.5 Å². The van der Waals surface area contributed by atoms with E-state index in [0.29, 0.717) is 23.6 Å². The molecular formula is C31H25N5O2. The van der Waals surface area contributed by atoms with E-state index < -0.39 is 0 Å². The van der Waals surface area contributed by atoms with E-state index in [1.807, 2.05) is 78.6 Å². The van der Waals surface area contributed by atoms with Crippen molar-refractivity contribution in [2.24, 2.45) is 5.73 Å². The minimum absolute atomic E-state index is 0.198. The van der Waals surface area contributed by atoms with Gasteiger partial charge in [-0.2, -0.15) is 0 Å². The standard InChI is InChI=1S/C31H25N5O2/c1-20-9-14-23(35-31(37)22-12-10-21(18-32)11-13-22)17-27(20)36(29-15-16-33-19-34-29)26-7-4-6-25-24-5-2-3-8-28(24)38-30(25)26/h2-17,19H,18,32H2,1H3,(H,35,37). The van der Waals surface area contributed by atoms with Crippen molar-refractivity contribution in [2.45, 2.75) is 13.5 Å². The van der Waals surface area contributed by atoms with E-state index in [0.717, 1.165) is 44.4 Å². The van der Waals surface area contributed by atoms with Crippen molar-refractivity contribution in [1.29, 1.82) is 0 Å². The number of furan rings is 1. The van der Waals surface area contributed by atoms with Crippen LogP contribution >= 0.6 is 0 Å². The molecule has 6 rings (SSSR count). The van der Waals surface area contributed by atoms with Gasteiger partial charge in [-0.3, -0.25) is 9.69 Å². The number of fused-ring (bicyclic) bond motifs is 3. The number of nitrogens with zero attached hydrogens (tertiary/aromatic N) is 3. The summed E-state index contributed by atoms with van der Waals surface area (Å²) < 4.78 is 6.36. The van der Waals surface area contributed by atoms with Crippen LogP contribution in [0.4, 0.5) is 22.9 Å². The number of nitrogens with one attached hydrogen (secondary N) is 1. The Hall–Kier alpha value is -5.01. The Balaban J connectivity index is 1.46. The maximum Gasteiger partial charge on any atom is 0.255 e. The first-order valence-electron chi connectivity index (χ1n) is 12.3. The van der Waals surface area contributed by atoms with E-state index in [1.54, 1.807) is 18.3 Å². The van der Waals surface area contributed by atoms with Crippen molar-refractivity contribution < 1.29 is 9.21 Å². The van der Waals surface area contributed by atoms with Crippen molar-refractivity contribution in [2.75, 3.05) is 10.2 Å². The number of amides is 1. The Morgan fingerprint density at radius 2 is 1.74 bits per heavy atom. The lowest BCUT2D eigenvalue weighted by molar-refractivity contribution is 0.102. The molecule has 1 amide bonds. The van der Waals surface area contributed by atoms with Gasteiger partial charge in [-0.05, 0) is 60.5 Å². The molecule has 0 fully saturated rings. The highest BCUT2D eigenvalue weighted by Crippen LogP contribution is 2.42. The normalized spacial score (nSPS) is 11.1. The summed E-state index contributed by atoms with van der Waals surface area (Å²) in [5, 5.41) is 5.09. The van der Waals surface area contributed by atoms with E-state index in [9.17, 15) is 4.79 Å². The third-order valence-electron chi connectivity index (χ3n) is 6.58. The molecule has 2 aromatic heterocycles. The van der Waals surface area contributed by atoms with Crippen molar-refractivity contribution in [3.05, 3.63) is 120 Å². The molecule has 0 unspecified atom stereocenters. The van der Waals surface area contributed by atoms with Gasteiger partial charge in [0.1, 0.15) is 17.7 Å². The maximum atomic E-state index is 13.0. The third-order valence-corrected chi connectivity index (χ3v) is 6.58. The smallest absolute Gasteiger partial charge is 0.255 e. The highest BCUT2D eigenvalue weighted by molar-refractivity contribution is 6.10. The van der Waals surface area contributed by atoms with Crippen LogP contribution in [0.25, 0.3) is 21.9 Å². The molecule has 3 N–H and O–H groups in total. The molecule has 0 aliphatic rings. The second-order valence-electron chi connectivity index (χ2n) is 9.01. The van der Waals surface area contributed by atoms with E-state index in [1.165, 1.54) is 6.33 Å². The van der Waals surface area contributed by atoms with Crippen LogP contribution in [0.2, 0.25) is 0 Å². The minimum atomic E-state index is -0.198. The van der Waals surface area contributed by atoms with Gasteiger partial charge in [-0.1, -0.05) is 48.5 Å². The first-order chi connectivity index (χ1) is 18.6. The largest absolute Gasteiger partial charge is 0.454 e. The number of carbonyl (C=O) groups excluding carboxylic acids is 1. The first kappa shape index (κ1) is 23.4. The number of benzene rings is 4. The molecule has 38 heavy (non-hydrogen) atoms. The van der Waals surface area contributed by atoms with Crippen LogP contribution in [0.15, 0.2) is 108 Å². The predicted octanol–water partition coefficient (Wildman–Crippen LogP) is 6.87. The summed E-state index contributed by atoms with van der Waals surface area (Å²) in [5.41, 5.74) is 12.1. The molecule has 7 heteroatoms. The van der Waals surface area contributed by atoms with Gasteiger partial charge in [0.05, 0.1) is 11.4 Å². The number of para-hydroxylation sites is 2. The van der Waals surface area contributed by atoms with Gasteiger partial charge >= 0.3 is 0 Å². The van der Waals surface area contributed by atoms with Gasteiger partial charge in [-0.15, -0.1) is 0 Å². The molecule has 0 saturated heterocycles. The van der Waals surface area contributed by atoms with Crippen LogP contribution in [0.3, 0.4) is 0 Å². The molecule has 0 atom stereocenters. The van der Waals surface area contributed by atoms with Gasteiger partial charge in [0.25, 0.3) is 5.91 Å². The monoisotopic (exact) mass is 499 g/mol. The van der Waals surface area contributed by atoms with Crippen LogP contribution in [0.5, 0.6) is 0 Å². The molecule has 7 nitrogen and oxygen atoms in total. The zero-order valence-corrected chi connectivity index (χ0v) is 20.8. The molecule has 0 aliphatic carbocycles. The van der Waals surface area contributed by atoms with Crippen LogP contribution < -0.4 is 16.0 Å². The SMILES string of the molecule is Cc1ccc(NC(=O)c2ccc(CN)cc2)cc1N(c1ccncn1)c1cccc2c1oc1ccccc12. The molecular weight excluding hydrogens is 474 g/mol. The van der Waals surface area contributed by atoms with E-state index in [2.05, 4.69) is 27.4 Å². The van der Waals surface area contributed by atoms with Gasteiger partial charge in [0, 0.05) is 34.8 Å². The number of anilines is 4. The number of rotatable bonds is 6. The number of hydrogen-bond donors (Lipinski definition) is 2. The Kier molecular flexibility index (Phi) is 6.03. The lowest BCUT2D eigenvalue weighted by atomic mass is 10.1. The Labute approximate surface area is 219 Å². The quantitative estimate of drug-likeness (QED) is 0.260. The summed E-state index contributed by atoms with van der Waals surface area (Å²) in [5.74, 6) is 0.480. The molecule has 0 aliphatic heterocycles. The number of aryl methyl sites for hydroxylation is 1. The van der Waals surface area contributed by atoms with Gasteiger partial charge in [0.2, 0.25) is 0 Å². The molecule has 2 heterocycles. The lowest BCUT2D eigenvalue weighted by Gasteiger charge is -2.26. The summed E-state index contributed by atoms with van der Waals surface area (Å²) in [6.45, 7) is 2.46.